The Hall–Kier alpha value is -1.53. The quantitative estimate of drug-likeness (QED) is 0.820. The van der Waals surface area contributed by atoms with Gasteiger partial charge in [0.15, 0.2) is 0 Å². The molecule has 2 rings (SSSR count). The molecule has 0 aliphatic carbocycles. The van der Waals surface area contributed by atoms with Crippen LogP contribution in [0.4, 0.5) is 13.2 Å². The van der Waals surface area contributed by atoms with Crippen molar-refractivity contribution < 1.29 is 17.9 Å². The van der Waals surface area contributed by atoms with Crippen LogP contribution in [0, 0.1) is 5.82 Å². The first-order chi connectivity index (χ1) is 10.1. The fourth-order valence-electron chi connectivity index (χ4n) is 1.86. The van der Waals surface area contributed by atoms with Gasteiger partial charge >= 0.3 is 6.61 Å². The highest BCUT2D eigenvalue weighted by Crippen LogP contribution is 2.20. The summed E-state index contributed by atoms with van der Waals surface area (Å²) < 4.78 is 43.3. The summed E-state index contributed by atoms with van der Waals surface area (Å²) in [4.78, 5) is 0. The van der Waals surface area contributed by atoms with Crippen LogP contribution >= 0.6 is 15.9 Å². The minimum atomic E-state index is -2.87. The van der Waals surface area contributed by atoms with E-state index in [1.54, 1.807) is 30.3 Å². The summed E-state index contributed by atoms with van der Waals surface area (Å²) in [6.07, 6.45) is 0. The maximum Gasteiger partial charge on any atom is 0.387 e. The largest absolute Gasteiger partial charge is 0.434 e. The predicted octanol–water partition coefficient (Wildman–Crippen LogP) is 4.48. The highest BCUT2D eigenvalue weighted by molar-refractivity contribution is 9.10. The number of hydrogen-bond donors (Lipinski definition) is 1. The summed E-state index contributed by atoms with van der Waals surface area (Å²) in [6.45, 7) is -2.27. The smallest absolute Gasteiger partial charge is 0.387 e. The van der Waals surface area contributed by atoms with Crippen molar-refractivity contribution in [2.24, 2.45) is 0 Å². The Morgan fingerprint density at radius 3 is 2.48 bits per heavy atom. The fourth-order valence-corrected chi connectivity index (χ4v) is 2.19. The van der Waals surface area contributed by atoms with Crippen molar-refractivity contribution in [1.82, 2.24) is 5.32 Å². The van der Waals surface area contributed by atoms with Crippen LogP contribution in [-0.2, 0) is 13.1 Å². The van der Waals surface area contributed by atoms with Crippen LogP contribution in [0.1, 0.15) is 11.1 Å². The van der Waals surface area contributed by atoms with E-state index < -0.39 is 6.61 Å². The fraction of sp³-hybridized carbons (Fsp3) is 0.200. The molecule has 0 amide bonds. The van der Waals surface area contributed by atoms with E-state index in [0.29, 0.717) is 28.7 Å². The number of alkyl halides is 2. The van der Waals surface area contributed by atoms with E-state index in [-0.39, 0.29) is 11.6 Å². The molecule has 112 valence electrons. The highest BCUT2D eigenvalue weighted by atomic mass is 79.9. The van der Waals surface area contributed by atoms with Gasteiger partial charge in [0.25, 0.3) is 0 Å². The van der Waals surface area contributed by atoms with Crippen molar-refractivity contribution in [3.63, 3.8) is 0 Å². The van der Waals surface area contributed by atoms with Crippen molar-refractivity contribution in [3.8, 4) is 5.75 Å². The summed E-state index contributed by atoms with van der Waals surface area (Å²) >= 11 is 3.19. The molecule has 0 heterocycles. The molecule has 0 spiro atoms. The van der Waals surface area contributed by atoms with E-state index >= 15 is 0 Å². The van der Waals surface area contributed by atoms with Crippen molar-refractivity contribution in [2.45, 2.75) is 19.7 Å². The lowest BCUT2D eigenvalue weighted by Gasteiger charge is -2.11. The van der Waals surface area contributed by atoms with Crippen LogP contribution in [0.5, 0.6) is 5.75 Å². The Balaban J connectivity index is 1.97. The molecular weight excluding hydrogens is 347 g/mol. The van der Waals surface area contributed by atoms with Gasteiger partial charge in [0.2, 0.25) is 0 Å². The molecule has 2 aromatic rings. The molecule has 1 N–H and O–H groups in total. The number of halogens is 4. The molecule has 0 aromatic heterocycles. The van der Waals surface area contributed by atoms with E-state index in [9.17, 15) is 13.2 Å². The molecule has 0 radical (unpaired) electrons. The zero-order valence-corrected chi connectivity index (χ0v) is 12.5. The van der Waals surface area contributed by atoms with Gasteiger partial charge in [-0.25, -0.2) is 4.39 Å². The molecule has 21 heavy (non-hydrogen) atoms. The third-order valence-corrected chi connectivity index (χ3v) is 3.33. The molecule has 2 aromatic carbocycles. The lowest BCUT2D eigenvalue weighted by molar-refractivity contribution is -0.0505. The average Bonchev–Trinajstić information content (AvgIpc) is 2.42. The normalized spacial score (nSPS) is 10.9. The van der Waals surface area contributed by atoms with Gasteiger partial charge in [-0.15, -0.1) is 0 Å². The topological polar surface area (TPSA) is 21.3 Å². The van der Waals surface area contributed by atoms with Crippen molar-refractivity contribution >= 4 is 15.9 Å². The molecule has 0 saturated carbocycles. The number of hydrogen-bond acceptors (Lipinski definition) is 2. The highest BCUT2D eigenvalue weighted by Gasteiger charge is 2.09. The number of para-hydroxylation sites is 1. The Bertz CT molecular complexity index is 607. The first-order valence-corrected chi connectivity index (χ1v) is 7.03. The Kier molecular flexibility index (Phi) is 5.64. The molecule has 0 aliphatic heterocycles. The molecule has 0 saturated heterocycles. The van der Waals surface area contributed by atoms with Crippen molar-refractivity contribution in [2.75, 3.05) is 0 Å². The molecule has 0 unspecified atom stereocenters. The molecule has 0 atom stereocenters. The number of ether oxygens (including phenoxy) is 1. The maximum atomic E-state index is 13.6. The molecule has 0 fully saturated rings. The Morgan fingerprint density at radius 2 is 1.76 bits per heavy atom. The van der Waals surface area contributed by atoms with Gasteiger partial charge in [-0.05, 0) is 18.2 Å². The average molecular weight is 360 g/mol. The van der Waals surface area contributed by atoms with Crippen molar-refractivity contribution in [1.29, 1.82) is 0 Å². The minimum Gasteiger partial charge on any atom is -0.434 e. The second kappa shape index (κ2) is 7.47. The SMILES string of the molecule is Fc1cc(Br)ccc1CNCc1ccccc1OC(F)F. The number of benzene rings is 2. The first kappa shape index (κ1) is 15.9. The molecular formula is C15H13BrF3NO. The van der Waals surface area contributed by atoms with Crippen LogP contribution in [0.3, 0.4) is 0 Å². The van der Waals surface area contributed by atoms with E-state index in [1.165, 1.54) is 12.1 Å². The van der Waals surface area contributed by atoms with Gasteiger partial charge in [0.1, 0.15) is 11.6 Å². The van der Waals surface area contributed by atoms with Crippen LogP contribution < -0.4 is 10.1 Å². The zero-order chi connectivity index (χ0) is 15.2. The Morgan fingerprint density at radius 1 is 1.05 bits per heavy atom. The van der Waals surface area contributed by atoms with Gasteiger partial charge in [0.05, 0.1) is 0 Å². The van der Waals surface area contributed by atoms with Gasteiger partial charge in [-0.2, -0.15) is 8.78 Å². The standard InChI is InChI=1S/C15H13BrF3NO/c16-12-6-5-10(13(17)7-12)8-20-9-11-3-1-2-4-14(11)21-15(18)19/h1-7,15,20H,8-9H2. The zero-order valence-electron chi connectivity index (χ0n) is 11.0. The lowest BCUT2D eigenvalue weighted by Crippen LogP contribution is -2.15. The summed E-state index contributed by atoms with van der Waals surface area (Å²) in [5.74, 6) is -0.203. The molecule has 2 nitrogen and oxygen atoms in total. The van der Waals surface area contributed by atoms with Crippen LogP contribution in [0.15, 0.2) is 46.9 Å². The van der Waals surface area contributed by atoms with E-state index in [1.807, 2.05) is 0 Å². The maximum absolute atomic E-state index is 13.6. The first-order valence-electron chi connectivity index (χ1n) is 6.23. The van der Waals surface area contributed by atoms with Crippen LogP contribution in [0.2, 0.25) is 0 Å². The third kappa shape index (κ3) is 4.75. The second-order valence-electron chi connectivity index (χ2n) is 4.33. The Labute approximate surface area is 129 Å². The lowest BCUT2D eigenvalue weighted by atomic mass is 10.2. The summed E-state index contributed by atoms with van der Waals surface area (Å²) in [7, 11) is 0. The van der Waals surface area contributed by atoms with E-state index in [0.717, 1.165) is 0 Å². The summed E-state index contributed by atoms with van der Waals surface area (Å²) in [6, 6.07) is 11.3. The van der Waals surface area contributed by atoms with Crippen molar-refractivity contribution in [3.05, 3.63) is 63.9 Å². The monoisotopic (exact) mass is 359 g/mol. The van der Waals surface area contributed by atoms with E-state index in [2.05, 4.69) is 26.0 Å². The minimum absolute atomic E-state index is 0.122. The van der Waals surface area contributed by atoms with Gasteiger partial charge < -0.3 is 10.1 Å². The van der Waals surface area contributed by atoms with Crippen LogP contribution in [0.25, 0.3) is 0 Å². The van der Waals surface area contributed by atoms with Crippen LogP contribution in [-0.4, -0.2) is 6.61 Å². The third-order valence-electron chi connectivity index (χ3n) is 2.83. The summed E-state index contributed by atoms with van der Waals surface area (Å²) in [5.41, 5.74) is 1.10. The summed E-state index contributed by atoms with van der Waals surface area (Å²) in [5, 5.41) is 3.01. The van der Waals surface area contributed by atoms with Gasteiger partial charge in [-0.3, -0.25) is 0 Å². The van der Waals surface area contributed by atoms with Gasteiger partial charge in [-0.1, -0.05) is 40.2 Å². The number of rotatable bonds is 6. The molecule has 0 aliphatic rings. The molecule has 0 bridgehead atoms. The second-order valence-corrected chi connectivity index (χ2v) is 5.24. The molecule has 6 heteroatoms. The van der Waals surface area contributed by atoms with E-state index in [4.69, 9.17) is 0 Å². The predicted molar refractivity (Wildman–Crippen MR) is 77.7 cm³/mol. The van der Waals surface area contributed by atoms with Gasteiger partial charge in [0, 0.05) is 28.7 Å². The number of nitrogens with one attached hydrogen (secondary N) is 1.